The van der Waals surface area contributed by atoms with E-state index in [9.17, 15) is 26.3 Å². The summed E-state index contributed by atoms with van der Waals surface area (Å²) in [6, 6.07) is 11.1. The molecular formula is C28H29F6N5O2. The number of rotatable bonds is 6. The molecule has 3 aromatic rings. The zero-order valence-electron chi connectivity index (χ0n) is 22.3. The van der Waals surface area contributed by atoms with Gasteiger partial charge in [-0.2, -0.15) is 13.2 Å². The Morgan fingerprint density at radius 1 is 0.707 bits per heavy atom. The molecule has 2 aliphatic heterocycles. The normalized spacial score (nSPS) is 17.1. The van der Waals surface area contributed by atoms with Crippen molar-refractivity contribution in [3.63, 3.8) is 0 Å². The second kappa shape index (κ2) is 11.5. The SMILES string of the molecule is Cc1c(OC2CCN(c3ccc(OC(F)(F)F)cc3)CC2)ncnc1N1CCN(c2ccc(C(F)(F)F)cc2)CC1. The van der Waals surface area contributed by atoms with Crippen molar-refractivity contribution in [3.8, 4) is 11.6 Å². The van der Waals surface area contributed by atoms with Crippen LogP contribution in [0.2, 0.25) is 0 Å². The molecule has 0 aliphatic carbocycles. The van der Waals surface area contributed by atoms with Crippen molar-refractivity contribution in [1.82, 2.24) is 9.97 Å². The maximum Gasteiger partial charge on any atom is 0.573 e. The van der Waals surface area contributed by atoms with Crippen molar-refractivity contribution >= 4 is 17.2 Å². The summed E-state index contributed by atoms with van der Waals surface area (Å²) < 4.78 is 86.1. The molecule has 0 saturated carbocycles. The summed E-state index contributed by atoms with van der Waals surface area (Å²) in [7, 11) is 0. The number of nitrogens with zero attached hydrogens (tertiary/aromatic N) is 5. The minimum Gasteiger partial charge on any atom is -0.474 e. The first-order valence-corrected chi connectivity index (χ1v) is 13.2. The van der Waals surface area contributed by atoms with E-state index >= 15 is 0 Å². The van der Waals surface area contributed by atoms with Gasteiger partial charge in [-0.25, -0.2) is 9.97 Å². The van der Waals surface area contributed by atoms with Gasteiger partial charge in [0.2, 0.25) is 5.88 Å². The molecule has 3 heterocycles. The van der Waals surface area contributed by atoms with Crippen LogP contribution in [0, 0.1) is 6.92 Å². The van der Waals surface area contributed by atoms with Crippen molar-refractivity contribution in [1.29, 1.82) is 0 Å². The highest BCUT2D eigenvalue weighted by atomic mass is 19.4. The van der Waals surface area contributed by atoms with E-state index in [2.05, 4.69) is 29.4 Å². The standard InChI is InChI=1S/C28H29F6N5O2/c1-19-25(39-16-14-38(15-17-39)21-4-2-20(3-5-21)27(29,30)31)35-18-36-26(19)40-23-10-12-37(13-11-23)22-6-8-24(9-7-22)41-28(32,33)34/h2-9,18,23H,10-17H2,1H3. The van der Waals surface area contributed by atoms with Gasteiger partial charge >= 0.3 is 12.5 Å². The predicted octanol–water partition coefficient (Wildman–Crippen LogP) is 6.08. The molecule has 220 valence electrons. The summed E-state index contributed by atoms with van der Waals surface area (Å²) in [6.45, 7) is 5.80. The number of piperazine rings is 1. The largest absolute Gasteiger partial charge is 0.573 e. The summed E-state index contributed by atoms with van der Waals surface area (Å²) in [4.78, 5) is 15.1. The van der Waals surface area contributed by atoms with Crippen LogP contribution in [0.5, 0.6) is 11.6 Å². The summed E-state index contributed by atoms with van der Waals surface area (Å²) in [6.07, 6.45) is -6.25. The van der Waals surface area contributed by atoms with Crippen molar-refractivity contribution in [3.05, 3.63) is 66.0 Å². The van der Waals surface area contributed by atoms with E-state index in [1.54, 1.807) is 12.1 Å². The average Bonchev–Trinajstić information content (AvgIpc) is 2.94. The van der Waals surface area contributed by atoms with Crippen LogP contribution in [0.25, 0.3) is 0 Å². The van der Waals surface area contributed by atoms with E-state index in [1.165, 1.54) is 30.6 Å². The van der Waals surface area contributed by atoms with Gasteiger partial charge in [-0.3, -0.25) is 0 Å². The molecule has 0 unspecified atom stereocenters. The van der Waals surface area contributed by atoms with Gasteiger partial charge in [-0.1, -0.05) is 0 Å². The highest BCUT2D eigenvalue weighted by Crippen LogP contribution is 2.32. The number of hydrogen-bond acceptors (Lipinski definition) is 7. The molecule has 0 radical (unpaired) electrons. The molecule has 2 saturated heterocycles. The smallest absolute Gasteiger partial charge is 0.474 e. The fraction of sp³-hybridized carbons (Fsp3) is 0.429. The number of piperidine rings is 1. The van der Waals surface area contributed by atoms with Gasteiger partial charge < -0.3 is 24.2 Å². The molecule has 2 aliphatic rings. The first-order valence-electron chi connectivity index (χ1n) is 13.2. The van der Waals surface area contributed by atoms with E-state index in [0.717, 1.165) is 34.9 Å². The van der Waals surface area contributed by atoms with E-state index in [4.69, 9.17) is 4.74 Å². The van der Waals surface area contributed by atoms with Gasteiger partial charge in [0.15, 0.2) is 0 Å². The molecule has 13 heteroatoms. The number of hydrogen-bond donors (Lipinski definition) is 0. The third-order valence-electron chi connectivity index (χ3n) is 7.31. The Hall–Kier alpha value is -3.90. The van der Waals surface area contributed by atoms with Crippen molar-refractivity contribution in [2.24, 2.45) is 0 Å². The lowest BCUT2D eigenvalue weighted by Crippen LogP contribution is -2.47. The fourth-order valence-corrected chi connectivity index (χ4v) is 5.15. The summed E-state index contributed by atoms with van der Waals surface area (Å²) in [5, 5.41) is 0. The maximum absolute atomic E-state index is 12.9. The van der Waals surface area contributed by atoms with Crippen LogP contribution < -0.4 is 24.2 Å². The monoisotopic (exact) mass is 581 g/mol. The van der Waals surface area contributed by atoms with Gasteiger partial charge in [0, 0.05) is 63.5 Å². The lowest BCUT2D eigenvalue weighted by molar-refractivity contribution is -0.274. The highest BCUT2D eigenvalue weighted by Gasteiger charge is 2.32. The Kier molecular flexibility index (Phi) is 8.05. The summed E-state index contributed by atoms with van der Waals surface area (Å²) in [5.74, 6) is 1.02. The fourth-order valence-electron chi connectivity index (χ4n) is 5.15. The summed E-state index contributed by atoms with van der Waals surface area (Å²) >= 11 is 0. The minimum absolute atomic E-state index is 0.0722. The second-order valence-electron chi connectivity index (χ2n) is 9.99. The number of aromatic nitrogens is 2. The first-order chi connectivity index (χ1) is 19.5. The molecule has 0 N–H and O–H groups in total. The van der Waals surface area contributed by atoms with E-state index < -0.39 is 18.1 Å². The Balaban J connectivity index is 1.14. The Morgan fingerprint density at radius 2 is 1.24 bits per heavy atom. The van der Waals surface area contributed by atoms with Crippen molar-refractivity contribution in [2.45, 2.75) is 38.4 Å². The predicted molar refractivity (Wildman–Crippen MR) is 142 cm³/mol. The van der Waals surface area contributed by atoms with Crippen molar-refractivity contribution in [2.75, 3.05) is 54.0 Å². The number of alkyl halides is 6. The average molecular weight is 582 g/mol. The quantitative estimate of drug-likeness (QED) is 0.327. The third kappa shape index (κ3) is 7.06. The van der Waals surface area contributed by atoms with Gasteiger partial charge in [0.1, 0.15) is 24.0 Å². The number of benzene rings is 2. The molecule has 0 bridgehead atoms. The van der Waals surface area contributed by atoms with Gasteiger partial charge in [0.05, 0.1) is 11.1 Å². The van der Waals surface area contributed by atoms with Crippen LogP contribution in [0.1, 0.15) is 24.0 Å². The van der Waals surface area contributed by atoms with E-state index in [1.807, 2.05) is 6.92 Å². The van der Waals surface area contributed by atoms with Crippen LogP contribution in [0.15, 0.2) is 54.9 Å². The molecule has 2 fully saturated rings. The molecule has 1 aromatic heterocycles. The minimum atomic E-state index is -4.72. The zero-order valence-corrected chi connectivity index (χ0v) is 22.3. The maximum atomic E-state index is 12.9. The van der Waals surface area contributed by atoms with Crippen LogP contribution in [-0.4, -0.2) is 61.7 Å². The molecule has 41 heavy (non-hydrogen) atoms. The molecule has 0 amide bonds. The zero-order chi connectivity index (χ0) is 29.2. The van der Waals surface area contributed by atoms with Gasteiger partial charge in [0.25, 0.3) is 0 Å². The van der Waals surface area contributed by atoms with Crippen LogP contribution >= 0.6 is 0 Å². The topological polar surface area (TPSA) is 54.0 Å². The number of ether oxygens (including phenoxy) is 2. The van der Waals surface area contributed by atoms with Crippen LogP contribution in [0.3, 0.4) is 0 Å². The van der Waals surface area contributed by atoms with Crippen LogP contribution in [-0.2, 0) is 6.18 Å². The molecule has 0 atom stereocenters. The number of anilines is 3. The Bertz CT molecular complexity index is 1300. The summed E-state index contributed by atoms with van der Waals surface area (Å²) in [5.41, 5.74) is 1.72. The van der Waals surface area contributed by atoms with Crippen LogP contribution in [0.4, 0.5) is 43.5 Å². The second-order valence-corrected chi connectivity index (χ2v) is 9.99. The third-order valence-corrected chi connectivity index (χ3v) is 7.31. The Morgan fingerprint density at radius 3 is 1.80 bits per heavy atom. The van der Waals surface area contributed by atoms with E-state index in [0.29, 0.717) is 58.0 Å². The van der Waals surface area contributed by atoms with Gasteiger partial charge in [-0.15, -0.1) is 13.2 Å². The molecule has 0 spiro atoms. The first kappa shape index (κ1) is 28.6. The lowest BCUT2D eigenvalue weighted by Gasteiger charge is -2.37. The highest BCUT2D eigenvalue weighted by molar-refractivity contribution is 5.54. The Labute approximate surface area is 233 Å². The molecule has 5 rings (SSSR count). The molecular weight excluding hydrogens is 552 g/mol. The van der Waals surface area contributed by atoms with Crippen molar-refractivity contribution < 1.29 is 35.8 Å². The number of halogens is 6. The van der Waals surface area contributed by atoms with E-state index in [-0.39, 0.29) is 11.9 Å². The molecule has 2 aromatic carbocycles. The van der Waals surface area contributed by atoms with Gasteiger partial charge in [-0.05, 0) is 55.5 Å². The lowest BCUT2D eigenvalue weighted by atomic mass is 10.1. The molecule has 7 nitrogen and oxygen atoms in total.